The number of carbonyl (C=O) groups is 1. The number of amides is 1. The second kappa shape index (κ2) is 10.7. The molecule has 37 heavy (non-hydrogen) atoms. The van der Waals surface area contributed by atoms with Crippen molar-refractivity contribution in [1.82, 2.24) is 19.4 Å². The molecule has 5 rings (SSSR count). The van der Waals surface area contributed by atoms with E-state index in [-0.39, 0.29) is 34.9 Å². The van der Waals surface area contributed by atoms with Crippen molar-refractivity contribution in [2.75, 3.05) is 37.7 Å². The van der Waals surface area contributed by atoms with Crippen LogP contribution in [-0.2, 0) is 16.6 Å². The Kier molecular flexibility index (Phi) is 7.18. The van der Waals surface area contributed by atoms with E-state index in [9.17, 15) is 14.0 Å². The van der Waals surface area contributed by atoms with E-state index in [1.807, 2.05) is 34.1 Å². The smallest absolute Gasteiger partial charge is 0.255 e. The summed E-state index contributed by atoms with van der Waals surface area (Å²) in [5, 5.41) is 0. The molecule has 0 unspecified atom stereocenters. The van der Waals surface area contributed by atoms with Gasteiger partial charge in [0.2, 0.25) is 11.9 Å². The minimum atomic E-state index is -0.527. The second-order valence-corrected chi connectivity index (χ2v) is 9.39. The van der Waals surface area contributed by atoms with Crippen LogP contribution in [0.2, 0.25) is 0 Å². The fraction of sp³-hybridized carbons (Fsp3) is 0.407. The number of benzene rings is 1. The highest BCUT2D eigenvalue weighted by Gasteiger charge is 2.26. The molecular weight excluding hydrogens is 477 g/mol. The Morgan fingerprint density at radius 2 is 1.89 bits per heavy atom. The lowest BCUT2D eigenvalue weighted by molar-refractivity contribution is -0.130. The molecule has 9 nitrogen and oxygen atoms in total. The van der Waals surface area contributed by atoms with Gasteiger partial charge in [0.15, 0.2) is 5.82 Å². The molecule has 194 valence electrons. The topological polar surface area (TPSA) is 89.8 Å². The van der Waals surface area contributed by atoms with Gasteiger partial charge in [-0.3, -0.25) is 19.1 Å². The van der Waals surface area contributed by atoms with Crippen LogP contribution in [0.4, 0.5) is 10.3 Å². The lowest BCUT2D eigenvalue weighted by Gasteiger charge is -2.34. The largest absolute Gasteiger partial charge is 0.490 e. The van der Waals surface area contributed by atoms with Gasteiger partial charge in [-0.2, -0.15) is 0 Å². The normalized spacial score (nSPS) is 18.6. The number of hydrogen-bond acceptors (Lipinski definition) is 7. The Morgan fingerprint density at radius 3 is 2.59 bits per heavy atom. The number of anilines is 1. The minimum absolute atomic E-state index is 0.0905. The highest BCUT2D eigenvalue weighted by Crippen LogP contribution is 2.28. The Morgan fingerprint density at radius 1 is 1.14 bits per heavy atom. The molecule has 1 amide bonds. The SMILES string of the molecule is CC(=O)N1CCC(Oc2ccc([C@H]3CN(c4nc(-c5ccncc5F)cc(=O)n4C)CCO3)cc2)CC1. The molecule has 0 saturated carbocycles. The van der Waals surface area contributed by atoms with Crippen LogP contribution in [0.3, 0.4) is 0 Å². The summed E-state index contributed by atoms with van der Waals surface area (Å²) in [5.74, 6) is 0.828. The quantitative estimate of drug-likeness (QED) is 0.525. The van der Waals surface area contributed by atoms with E-state index in [0.717, 1.165) is 43.4 Å². The lowest BCUT2D eigenvalue weighted by Crippen LogP contribution is -2.41. The molecule has 0 bridgehead atoms. The first-order chi connectivity index (χ1) is 17.9. The van der Waals surface area contributed by atoms with E-state index in [1.165, 1.54) is 22.9 Å². The van der Waals surface area contributed by atoms with Gasteiger partial charge >= 0.3 is 0 Å². The van der Waals surface area contributed by atoms with Crippen molar-refractivity contribution < 1.29 is 18.7 Å². The molecule has 2 aromatic heterocycles. The van der Waals surface area contributed by atoms with Gasteiger partial charge in [0, 0.05) is 64.3 Å². The van der Waals surface area contributed by atoms with Gasteiger partial charge in [-0.05, 0) is 23.8 Å². The molecule has 0 spiro atoms. The summed E-state index contributed by atoms with van der Waals surface area (Å²) in [7, 11) is 1.66. The molecular formula is C27H30FN5O4. The molecule has 2 saturated heterocycles. The minimum Gasteiger partial charge on any atom is -0.490 e. The molecule has 0 radical (unpaired) electrons. The van der Waals surface area contributed by atoms with Crippen molar-refractivity contribution in [3.63, 3.8) is 0 Å². The summed E-state index contributed by atoms with van der Waals surface area (Å²) in [6, 6.07) is 10.7. The van der Waals surface area contributed by atoms with Crippen LogP contribution < -0.4 is 15.2 Å². The predicted molar refractivity (Wildman–Crippen MR) is 136 cm³/mol. The van der Waals surface area contributed by atoms with Crippen LogP contribution in [0.25, 0.3) is 11.3 Å². The standard InChI is InChI=1S/C27H30FN5O4/c1-18(34)32-11-8-21(9-12-32)37-20-5-3-19(4-6-20)25-17-33(13-14-36-25)27-30-24(15-26(35)31(27)2)22-7-10-29-16-23(22)28/h3-7,10,15-16,21,25H,8-9,11-14,17H2,1-2H3/t25-/m1/s1. The zero-order valence-electron chi connectivity index (χ0n) is 21.0. The molecule has 0 aliphatic carbocycles. The summed E-state index contributed by atoms with van der Waals surface area (Å²) >= 11 is 0. The van der Waals surface area contributed by atoms with Crippen LogP contribution in [0.1, 0.15) is 31.4 Å². The molecule has 1 atom stereocenters. The maximum atomic E-state index is 14.3. The number of nitrogens with zero attached hydrogens (tertiary/aromatic N) is 5. The maximum Gasteiger partial charge on any atom is 0.255 e. The van der Waals surface area contributed by atoms with Gasteiger partial charge in [0.05, 0.1) is 25.0 Å². The first-order valence-corrected chi connectivity index (χ1v) is 12.5. The highest BCUT2D eigenvalue weighted by atomic mass is 19.1. The van der Waals surface area contributed by atoms with Gasteiger partial charge in [0.25, 0.3) is 5.56 Å². The summed E-state index contributed by atoms with van der Waals surface area (Å²) in [6.07, 6.45) is 4.09. The zero-order chi connectivity index (χ0) is 25.9. The number of halogens is 1. The van der Waals surface area contributed by atoms with E-state index in [0.29, 0.717) is 25.6 Å². The Hall–Kier alpha value is -3.79. The van der Waals surface area contributed by atoms with Crippen molar-refractivity contribution in [3.8, 4) is 17.0 Å². The summed E-state index contributed by atoms with van der Waals surface area (Å²) < 4.78 is 28.0. The molecule has 10 heteroatoms. The number of morpholine rings is 1. The van der Waals surface area contributed by atoms with E-state index in [1.54, 1.807) is 14.0 Å². The molecule has 2 aliphatic heterocycles. The zero-order valence-corrected chi connectivity index (χ0v) is 21.0. The molecule has 2 fully saturated rings. The van der Waals surface area contributed by atoms with Crippen molar-refractivity contribution in [1.29, 1.82) is 0 Å². The number of hydrogen-bond donors (Lipinski definition) is 0. The fourth-order valence-corrected chi connectivity index (χ4v) is 4.81. The van der Waals surface area contributed by atoms with Gasteiger partial charge in [-0.1, -0.05) is 12.1 Å². The Labute approximate surface area is 214 Å². The first kappa shape index (κ1) is 24.9. The molecule has 0 N–H and O–H groups in total. The summed E-state index contributed by atoms with van der Waals surface area (Å²) in [5.41, 5.74) is 1.23. The van der Waals surface area contributed by atoms with Crippen LogP contribution >= 0.6 is 0 Å². The monoisotopic (exact) mass is 507 g/mol. The predicted octanol–water partition coefficient (Wildman–Crippen LogP) is 2.95. The van der Waals surface area contributed by atoms with Crippen LogP contribution in [0.15, 0.2) is 53.6 Å². The first-order valence-electron chi connectivity index (χ1n) is 12.5. The number of likely N-dealkylation sites (tertiary alicyclic amines) is 1. The van der Waals surface area contributed by atoms with Gasteiger partial charge in [0.1, 0.15) is 18.0 Å². The average molecular weight is 508 g/mol. The number of carbonyl (C=O) groups excluding carboxylic acids is 1. The van der Waals surface area contributed by atoms with E-state index < -0.39 is 5.82 Å². The number of rotatable bonds is 5. The Bertz CT molecular complexity index is 1320. The summed E-state index contributed by atoms with van der Waals surface area (Å²) in [4.78, 5) is 36.5. The fourth-order valence-electron chi connectivity index (χ4n) is 4.81. The van der Waals surface area contributed by atoms with Crippen molar-refractivity contribution >= 4 is 11.9 Å². The van der Waals surface area contributed by atoms with Crippen LogP contribution in [-0.4, -0.2) is 64.2 Å². The van der Waals surface area contributed by atoms with Crippen LogP contribution in [0, 0.1) is 5.82 Å². The van der Waals surface area contributed by atoms with E-state index >= 15 is 0 Å². The number of ether oxygens (including phenoxy) is 2. The van der Waals surface area contributed by atoms with Crippen molar-refractivity contribution in [3.05, 3.63) is 70.5 Å². The molecule has 2 aliphatic rings. The van der Waals surface area contributed by atoms with Gasteiger partial charge < -0.3 is 19.3 Å². The number of aromatic nitrogens is 3. The lowest BCUT2D eigenvalue weighted by atomic mass is 10.1. The Balaban J connectivity index is 1.28. The maximum absolute atomic E-state index is 14.3. The van der Waals surface area contributed by atoms with Crippen molar-refractivity contribution in [2.45, 2.75) is 32.0 Å². The number of pyridine rings is 1. The van der Waals surface area contributed by atoms with Gasteiger partial charge in [-0.15, -0.1) is 0 Å². The van der Waals surface area contributed by atoms with Gasteiger partial charge in [-0.25, -0.2) is 9.37 Å². The van der Waals surface area contributed by atoms with E-state index in [2.05, 4.69) is 9.97 Å². The molecule has 4 heterocycles. The third kappa shape index (κ3) is 5.48. The average Bonchev–Trinajstić information content (AvgIpc) is 2.91. The second-order valence-electron chi connectivity index (χ2n) is 9.39. The van der Waals surface area contributed by atoms with Crippen molar-refractivity contribution in [2.24, 2.45) is 7.05 Å². The van der Waals surface area contributed by atoms with Crippen LogP contribution in [0.5, 0.6) is 5.75 Å². The third-order valence-corrected chi connectivity index (χ3v) is 6.95. The number of piperidine rings is 1. The third-order valence-electron chi connectivity index (χ3n) is 6.95. The molecule has 1 aromatic carbocycles. The van der Waals surface area contributed by atoms with E-state index in [4.69, 9.17) is 9.47 Å². The highest BCUT2D eigenvalue weighted by molar-refractivity contribution is 5.73. The summed E-state index contributed by atoms with van der Waals surface area (Å²) in [6.45, 7) is 4.54. The molecule has 3 aromatic rings.